The number of hydrogen-bond donors (Lipinski definition) is 1. The van der Waals surface area contributed by atoms with Crippen LogP contribution in [0.1, 0.15) is 39.3 Å². The van der Waals surface area contributed by atoms with Crippen LogP contribution in [0.15, 0.2) is 41.4 Å². The van der Waals surface area contributed by atoms with E-state index in [-0.39, 0.29) is 22.7 Å². The van der Waals surface area contributed by atoms with Gasteiger partial charge in [-0.15, -0.1) is 0 Å². The predicted molar refractivity (Wildman–Crippen MR) is 112 cm³/mol. The SMILES string of the molecule is CC(C)NS(=O)(=O)c1ccc(-c2c(C#N)c3ccc(OC(F)F)cc3n2C(C)C)nc1. The second-order valence-corrected chi connectivity index (χ2v) is 9.23. The molecule has 0 atom stereocenters. The molecule has 1 N–H and O–H groups in total. The summed E-state index contributed by atoms with van der Waals surface area (Å²) >= 11 is 0. The van der Waals surface area contributed by atoms with Gasteiger partial charge in [-0.05, 0) is 52.0 Å². The van der Waals surface area contributed by atoms with Crippen LogP contribution in [-0.4, -0.2) is 30.6 Å². The number of nitrogens with zero attached hydrogens (tertiary/aromatic N) is 3. The first kappa shape index (κ1) is 22.7. The molecule has 2 aromatic heterocycles. The summed E-state index contributed by atoms with van der Waals surface area (Å²) in [6, 6.07) is 9.08. The van der Waals surface area contributed by atoms with Gasteiger partial charge in [-0.2, -0.15) is 14.0 Å². The highest BCUT2D eigenvalue weighted by atomic mass is 32.2. The highest BCUT2D eigenvalue weighted by Crippen LogP contribution is 2.37. The average molecular weight is 448 g/mol. The van der Waals surface area contributed by atoms with Gasteiger partial charge in [0.25, 0.3) is 0 Å². The molecule has 0 saturated heterocycles. The standard InChI is InChI=1S/C21H22F2N4O3S/c1-12(2)26-31(28,29)15-6-8-18(25-11-15)20-17(10-24)16-7-5-14(30-21(22)23)9-19(16)27(20)13(3)4/h5-9,11-13,21,26H,1-4H3. The van der Waals surface area contributed by atoms with Gasteiger partial charge in [0.15, 0.2) is 0 Å². The van der Waals surface area contributed by atoms with Gasteiger partial charge in [0.1, 0.15) is 16.7 Å². The quantitative estimate of drug-likeness (QED) is 0.576. The molecule has 0 radical (unpaired) electrons. The van der Waals surface area contributed by atoms with E-state index in [1.165, 1.54) is 30.5 Å². The topological polar surface area (TPSA) is 97.0 Å². The van der Waals surface area contributed by atoms with Gasteiger partial charge in [0.2, 0.25) is 10.0 Å². The number of pyridine rings is 1. The van der Waals surface area contributed by atoms with E-state index in [4.69, 9.17) is 0 Å². The van der Waals surface area contributed by atoms with E-state index < -0.39 is 16.6 Å². The van der Waals surface area contributed by atoms with E-state index in [0.29, 0.717) is 27.9 Å². The first-order valence-corrected chi connectivity index (χ1v) is 11.0. The monoisotopic (exact) mass is 448 g/mol. The third-order valence-electron chi connectivity index (χ3n) is 4.51. The molecular formula is C21H22F2N4O3S. The van der Waals surface area contributed by atoms with E-state index in [1.807, 2.05) is 13.8 Å². The molecule has 0 bridgehead atoms. The number of hydrogen-bond acceptors (Lipinski definition) is 5. The minimum absolute atomic E-state index is 0.00304. The Balaban J connectivity index is 2.19. The number of ether oxygens (including phenoxy) is 1. The summed E-state index contributed by atoms with van der Waals surface area (Å²) in [7, 11) is -3.71. The van der Waals surface area contributed by atoms with E-state index in [1.54, 1.807) is 24.5 Å². The number of sulfonamides is 1. The number of nitriles is 1. The smallest absolute Gasteiger partial charge is 0.387 e. The Morgan fingerprint density at radius 3 is 2.39 bits per heavy atom. The minimum Gasteiger partial charge on any atom is -0.435 e. The summed E-state index contributed by atoms with van der Waals surface area (Å²) in [5, 5.41) is 10.4. The van der Waals surface area contributed by atoms with Crippen LogP contribution in [0.25, 0.3) is 22.3 Å². The maximum atomic E-state index is 12.7. The zero-order chi connectivity index (χ0) is 22.9. The van der Waals surface area contributed by atoms with Gasteiger partial charge in [0.05, 0.1) is 22.5 Å². The van der Waals surface area contributed by atoms with Gasteiger partial charge in [-0.3, -0.25) is 4.98 Å². The molecule has 31 heavy (non-hydrogen) atoms. The summed E-state index contributed by atoms with van der Waals surface area (Å²) in [5.74, 6) is -0.0212. The molecule has 0 amide bonds. The lowest BCUT2D eigenvalue weighted by Gasteiger charge is -2.15. The molecule has 164 valence electrons. The Morgan fingerprint density at radius 1 is 1.16 bits per heavy atom. The number of halogens is 2. The van der Waals surface area contributed by atoms with Crippen molar-refractivity contribution in [2.24, 2.45) is 0 Å². The first-order chi connectivity index (χ1) is 14.5. The Morgan fingerprint density at radius 2 is 1.87 bits per heavy atom. The lowest BCUT2D eigenvalue weighted by atomic mass is 10.1. The van der Waals surface area contributed by atoms with Crippen LogP contribution in [0, 0.1) is 11.3 Å². The van der Waals surface area contributed by atoms with E-state index >= 15 is 0 Å². The Kier molecular flexibility index (Phi) is 6.29. The molecule has 2 heterocycles. The summed E-state index contributed by atoms with van der Waals surface area (Å²) in [5.41, 5.74) is 1.72. The van der Waals surface area contributed by atoms with Crippen molar-refractivity contribution in [3.8, 4) is 23.2 Å². The normalized spacial score (nSPS) is 12.1. The van der Waals surface area contributed by atoms with E-state index in [0.717, 1.165) is 0 Å². The lowest BCUT2D eigenvalue weighted by Crippen LogP contribution is -2.30. The molecule has 3 rings (SSSR count). The second kappa shape index (κ2) is 8.61. The number of benzene rings is 1. The maximum absolute atomic E-state index is 12.7. The molecule has 10 heteroatoms. The zero-order valence-electron chi connectivity index (χ0n) is 17.4. The zero-order valence-corrected chi connectivity index (χ0v) is 18.2. The molecule has 1 aromatic carbocycles. The summed E-state index contributed by atoms with van der Waals surface area (Å²) in [4.78, 5) is 4.30. The molecular weight excluding hydrogens is 426 g/mol. The van der Waals surface area contributed by atoms with Crippen molar-refractivity contribution in [1.82, 2.24) is 14.3 Å². The van der Waals surface area contributed by atoms with Gasteiger partial charge in [-0.25, -0.2) is 13.1 Å². The van der Waals surface area contributed by atoms with E-state index in [9.17, 15) is 22.5 Å². The molecule has 0 aliphatic rings. The van der Waals surface area contributed by atoms with Crippen molar-refractivity contribution in [3.05, 3.63) is 42.1 Å². The van der Waals surface area contributed by atoms with Crippen molar-refractivity contribution in [2.45, 2.75) is 51.3 Å². The fourth-order valence-corrected chi connectivity index (χ4v) is 4.62. The summed E-state index contributed by atoms with van der Waals surface area (Å²) in [6.45, 7) is 4.23. The molecule has 7 nitrogen and oxygen atoms in total. The number of aromatic nitrogens is 2. The van der Waals surface area contributed by atoms with Crippen molar-refractivity contribution in [2.75, 3.05) is 0 Å². The molecule has 0 spiro atoms. The number of nitrogens with one attached hydrogen (secondary N) is 1. The Labute approximate surface area is 179 Å². The molecule has 0 aliphatic heterocycles. The van der Waals surface area contributed by atoms with Crippen LogP contribution in [0.4, 0.5) is 8.78 Å². The maximum Gasteiger partial charge on any atom is 0.387 e. The Hall–Kier alpha value is -3.03. The van der Waals surface area contributed by atoms with Crippen LogP contribution in [0.5, 0.6) is 5.75 Å². The Bertz CT molecular complexity index is 1240. The lowest BCUT2D eigenvalue weighted by molar-refractivity contribution is -0.0497. The summed E-state index contributed by atoms with van der Waals surface area (Å²) in [6.07, 6.45) is 1.23. The van der Waals surface area contributed by atoms with Crippen LogP contribution in [0.2, 0.25) is 0 Å². The summed E-state index contributed by atoms with van der Waals surface area (Å²) < 4.78 is 58.9. The number of rotatable bonds is 7. The van der Waals surface area contributed by atoms with Crippen LogP contribution >= 0.6 is 0 Å². The highest BCUT2D eigenvalue weighted by Gasteiger charge is 2.23. The third kappa shape index (κ3) is 4.52. The van der Waals surface area contributed by atoms with E-state index in [2.05, 4.69) is 20.5 Å². The number of fused-ring (bicyclic) bond motifs is 1. The van der Waals surface area contributed by atoms with Crippen molar-refractivity contribution in [3.63, 3.8) is 0 Å². The van der Waals surface area contributed by atoms with Crippen LogP contribution in [-0.2, 0) is 10.0 Å². The van der Waals surface area contributed by atoms with Gasteiger partial charge >= 0.3 is 6.61 Å². The molecule has 3 aromatic rings. The van der Waals surface area contributed by atoms with Gasteiger partial charge in [-0.1, -0.05) is 0 Å². The molecule has 0 fully saturated rings. The fraction of sp³-hybridized carbons (Fsp3) is 0.333. The highest BCUT2D eigenvalue weighted by molar-refractivity contribution is 7.89. The van der Waals surface area contributed by atoms with Crippen molar-refractivity contribution >= 4 is 20.9 Å². The fourth-order valence-electron chi connectivity index (χ4n) is 3.43. The van der Waals surface area contributed by atoms with Gasteiger partial charge < -0.3 is 9.30 Å². The minimum atomic E-state index is -3.71. The molecule has 0 aliphatic carbocycles. The average Bonchev–Trinajstić information content (AvgIpc) is 3.00. The van der Waals surface area contributed by atoms with Crippen LogP contribution in [0.3, 0.4) is 0 Å². The first-order valence-electron chi connectivity index (χ1n) is 9.56. The van der Waals surface area contributed by atoms with Crippen LogP contribution < -0.4 is 9.46 Å². The molecule has 0 unspecified atom stereocenters. The third-order valence-corrected chi connectivity index (χ3v) is 6.15. The molecule has 0 saturated carbocycles. The second-order valence-electron chi connectivity index (χ2n) is 7.51. The van der Waals surface area contributed by atoms with Crippen molar-refractivity contribution in [1.29, 1.82) is 5.26 Å². The largest absolute Gasteiger partial charge is 0.435 e. The van der Waals surface area contributed by atoms with Gasteiger partial charge in [0, 0.05) is 29.7 Å². The predicted octanol–water partition coefficient (Wildman–Crippen LogP) is 4.44. The number of alkyl halides is 2. The van der Waals surface area contributed by atoms with Crippen molar-refractivity contribution < 1.29 is 21.9 Å².